The van der Waals surface area contributed by atoms with Gasteiger partial charge in [0.1, 0.15) is 5.75 Å². The first-order valence-corrected chi connectivity index (χ1v) is 11.3. The van der Waals surface area contributed by atoms with E-state index in [4.69, 9.17) is 16.3 Å². The number of rotatable bonds is 7. The van der Waals surface area contributed by atoms with Crippen molar-refractivity contribution in [2.24, 2.45) is 0 Å². The Morgan fingerprint density at radius 2 is 1.75 bits per heavy atom. The number of carbonyl (C=O) groups is 1. The average Bonchev–Trinajstić information content (AvgIpc) is 3.27. The molecule has 1 fully saturated rings. The van der Waals surface area contributed by atoms with Crippen LogP contribution in [0.4, 0.5) is 10.5 Å². The van der Waals surface area contributed by atoms with Gasteiger partial charge in [0.25, 0.3) is 0 Å². The van der Waals surface area contributed by atoms with Gasteiger partial charge in [-0.25, -0.2) is 4.79 Å². The Morgan fingerprint density at radius 1 is 1.03 bits per heavy atom. The third-order valence-corrected chi connectivity index (χ3v) is 6.18. The van der Waals surface area contributed by atoms with Crippen molar-refractivity contribution in [1.29, 1.82) is 0 Å². The lowest BCUT2D eigenvalue weighted by Gasteiger charge is -2.25. The fourth-order valence-electron chi connectivity index (χ4n) is 4.14. The summed E-state index contributed by atoms with van der Waals surface area (Å²) in [4.78, 5) is 14.7. The summed E-state index contributed by atoms with van der Waals surface area (Å²) in [6, 6.07) is 23.9. The summed E-state index contributed by atoms with van der Waals surface area (Å²) in [6.45, 7) is 2.37. The van der Waals surface area contributed by atoms with Crippen LogP contribution in [0.25, 0.3) is 0 Å². The Labute approximate surface area is 194 Å². The summed E-state index contributed by atoms with van der Waals surface area (Å²) in [5.74, 6) is 0.797. The summed E-state index contributed by atoms with van der Waals surface area (Å²) >= 11 is 6.44. The average molecular weight is 450 g/mol. The zero-order valence-corrected chi connectivity index (χ0v) is 18.9. The molecular weight excluding hydrogens is 422 g/mol. The molecule has 166 valence electrons. The van der Waals surface area contributed by atoms with Gasteiger partial charge in [0.15, 0.2) is 0 Å². The third kappa shape index (κ3) is 5.61. The van der Waals surface area contributed by atoms with Gasteiger partial charge in [-0.2, -0.15) is 0 Å². The van der Waals surface area contributed by atoms with E-state index in [9.17, 15) is 4.79 Å². The van der Waals surface area contributed by atoms with Crippen molar-refractivity contribution in [3.8, 4) is 5.75 Å². The van der Waals surface area contributed by atoms with Gasteiger partial charge >= 0.3 is 6.03 Å². The van der Waals surface area contributed by atoms with Crippen molar-refractivity contribution in [3.05, 3.63) is 94.5 Å². The van der Waals surface area contributed by atoms with E-state index in [1.807, 2.05) is 48.5 Å². The number of carbonyl (C=O) groups excluding carboxylic acids is 1. The molecule has 6 heteroatoms. The number of hydrogen-bond donors (Lipinski definition) is 2. The van der Waals surface area contributed by atoms with Crippen LogP contribution in [0, 0.1) is 0 Å². The van der Waals surface area contributed by atoms with Gasteiger partial charge in [-0.3, -0.25) is 4.90 Å². The second-order valence-corrected chi connectivity index (χ2v) is 8.41. The molecule has 0 radical (unpaired) electrons. The number of nitrogens with zero attached hydrogens (tertiary/aromatic N) is 1. The van der Waals surface area contributed by atoms with E-state index < -0.39 is 0 Å². The number of nitrogens with one attached hydrogen (secondary N) is 2. The lowest BCUT2D eigenvalue weighted by Crippen LogP contribution is -2.28. The van der Waals surface area contributed by atoms with Crippen LogP contribution in [0.5, 0.6) is 5.75 Å². The molecule has 2 N–H and O–H groups in total. The molecule has 1 aliphatic rings. The smallest absolute Gasteiger partial charge is 0.319 e. The second-order valence-electron chi connectivity index (χ2n) is 8.00. The van der Waals surface area contributed by atoms with Crippen molar-refractivity contribution in [1.82, 2.24) is 10.2 Å². The monoisotopic (exact) mass is 449 g/mol. The highest BCUT2D eigenvalue weighted by atomic mass is 35.5. The van der Waals surface area contributed by atoms with Crippen LogP contribution < -0.4 is 15.4 Å². The van der Waals surface area contributed by atoms with Crippen LogP contribution in [0.15, 0.2) is 72.8 Å². The molecule has 3 aromatic rings. The summed E-state index contributed by atoms with van der Waals surface area (Å²) in [5, 5.41) is 6.61. The minimum Gasteiger partial charge on any atom is -0.497 e. The Morgan fingerprint density at radius 3 is 2.47 bits per heavy atom. The van der Waals surface area contributed by atoms with Gasteiger partial charge in [-0.05, 0) is 66.4 Å². The molecule has 32 heavy (non-hydrogen) atoms. The topological polar surface area (TPSA) is 53.6 Å². The molecule has 1 saturated heterocycles. The van der Waals surface area contributed by atoms with Crippen molar-refractivity contribution in [2.45, 2.75) is 32.0 Å². The molecule has 1 unspecified atom stereocenters. The number of likely N-dealkylation sites (tertiary alicyclic amines) is 1. The number of anilines is 1. The van der Waals surface area contributed by atoms with Gasteiger partial charge in [0.2, 0.25) is 0 Å². The summed E-state index contributed by atoms with van der Waals surface area (Å²) in [5.41, 5.74) is 4.20. The maximum absolute atomic E-state index is 12.2. The number of benzene rings is 3. The van der Waals surface area contributed by atoms with Gasteiger partial charge in [-0.1, -0.05) is 54.1 Å². The third-order valence-electron chi connectivity index (χ3n) is 5.84. The largest absolute Gasteiger partial charge is 0.497 e. The van der Waals surface area contributed by atoms with E-state index in [-0.39, 0.29) is 6.03 Å². The molecule has 1 aliphatic heterocycles. The number of urea groups is 1. The molecule has 3 aromatic carbocycles. The van der Waals surface area contributed by atoms with Gasteiger partial charge < -0.3 is 15.4 Å². The molecule has 1 atom stereocenters. The molecule has 0 bridgehead atoms. The van der Waals surface area contributed by atoms with Crippen LogP contribution in [-0.4, -0.2) is 24.6 Å². The normalized spacial score (nSPS) is 16.0. The van der Waals surface area contributed by atoms with E-state index in [0.717, 1.165) is 41.5 Å². The fraction of sp³-hybridized carbons (Fsp3) is 0.269. The van der Waals surface area contributed by atoms with Gasteiger partial charge in [0, 0.05) is 29.8 Å². The van der Waals surface area contributed by atoms with Crippen molar-refractivity contribution >= 4 is 23.3 Å². The first-order chi connectivity index (χ1) is 15.6. The molecule has 4 rings (SSSR count). The quantitative estimate of drug-likeness (QED) is 0.464. The van der Waals surface area contributed by atoms with E-state index in [2.05, 4.69) is 39.8 Å². The Kier molecular flexibility index (Phi) is 7.30. The zero-order chi connectivity index (χ0) is 22.3. The lowest BCUT2D eigenvalue weighted by atomic mass is 10.0. The molecule has 0 aliphatic carbocycles. The Balaban J connectivity index is 1.30. The molecule has 1 heterocycles. The number of methoxy groups -OCH3 is 1. The SMILES string of the molecule is COc1ccc(CNC(=O)Nc2ccc(CN3CCCC3c3ccccc3Cl)cc2)cc1. The predicted molar refractivity (Wildman–Crippen MR) is 129 cm³/mol. The molecule has 5 nitrogen and oxygen atoms in total. The molecule has 2 amide bonds. The van der Waals surface area contributed by atoms with Crippen LogP contribution in [0.3, 0.4) is 0 Å². The van der Waals surface area contributed by atoms with Gasteiger partial charge in [-0.15, -0.1) is 0 Å². The first kappa shape index (κ1) is 22.2. The van der Waals surface area contributed by atoms with E-state index in [1.54, 1.807) is 7.11 Å². The fourth-order valence-corrected chi connectivity index (χ4v) is 4.40. The van der Waals surface area contributed by atoms with Crippen LogP contribution in [0.1, 0.15) is 35.6 Å². The van der Waals surface area contributed by atoms with Crippen molar-refractivity contribution in [2.75, 3.05) is 19.0 Å². The number of halogens is 1. The summed E-state index contributed by atoms with van der Waals surface area (Å²) < 4.78 is 5.15. The number of hydrogen-bond acceptors (Lipinski definition) is 3. The Hall–Kier alpha value is -3.02. The highest BCUT2D eigenvalue weighted by Crippen LogP contribution is 2.36. The standard InChI is InChI=1S/C26H28ClN3O2/c1-32-22-14-10-19(11-15-22)17-28-26(31)29-21-12-8-20(9-13-21)18-30-16-4-7-25(30)23-5-2-3-6-24(23)27/h2-3,5-6,8-15,25H,4,7,16-18H2,1H3,(H2,28,29,31). The molecule has 0 saturated carbocycles. The van der Waals surface area contributed by atoms with Crippen molar-refractivity contribution < 1.29 is 9.53 Å². The molecular formula is C26H28ClN3O2. The minimum atomic E-state index is -0.230. The highest BCUT2D eigenvalue weighted by Gasteiger charge is 2.27. The van der Waals surface area contributed by atoms with Gasteiger partial charge in [0.05, 0.1) is 7.11 Å². The maximum atomic E-state index is 12.2. The second kappa shape index (κ2) is 10.5. The predicted octanol–water partition coefficient (Wildman–Crippen LogP) is 6.01. The van der Waals surface area contributed by atoms with E-state index >= 15 is 0 Å². The summed E-state index contributed by atoms with van der Waals surface area (Å²) in [7, 11) is 1.63. The molecule has 0 spiro atoms. The molecule has 0 aromatic heterocycles. The van der Waals surface area contributed by atoms with Crippen LogP contribution >= 0.6 is 11.6 Å². The van der Waals surface area contributed by atoms with E-state index in [0.29, 0.717) is 12.6 Å². The number of amides is 2. The van der Waals surface area contributed by atoms with Crippen molar-refractivity contribution in [3.63, 3.8) is 0 Å². The lowest BCUT2D eigenvalue weighted by molar-refractivity contribution is 0.248. The van der Waals surface area contributed by atoms with E-state index in [1.165, 1.54) is 17.5 Å². The Bertz CT molecular complexity index is 1040. The highest BCUT2D eigenvalue weighted by molar-refractivity contribution is 6.31. The summed E-state index contributed by atoms with van der Waals surface area (Å²) in [6.07, 6.45) is 2.29. The number of ether oxygens (including phenoxy) is 1. The minimum absolute atomic E-state index is 0.230. The first-order valence-electron chi connectivity index (χ1n) is 10.9. The zero-order valence-electron chi connectivity index (χ0n) is 18.2. The van der Waals surface area contributed by atoms with Crippen LogP contribution in [0.2, 0.25) is 5.02 Å². The maximum Gasteiger partial charge on any atom is 0.319 e. The van der Waals surface area contributed by atoms with Crippen LogP contribution in [-0.2, 0) is 13.1 Å².